The maximum atomic E-state index is 13.1. The third kappa shape index (κ3) is 2.48. The number of alkyl halides is 3. The molecular weight excluding hydrogens is 299 g/mol. The Morgan fingerprint density at radius 3 is 2.57 bits per heavy atom. The van der Waals surface area contributed by atoms with Crippen LogP contribution in [0.25, 0.3) is 0 Å². The smallest absolute Gasteiger partial charge is 0.377 e. The molecule has 1 nitrogen and oxygen atoms in total. The van der Waals surface area contributed by atoms with Crippen LogP contribution in [0.15, 0.2) is 36.4 Å². The fraction of sp³-hybridized carbons (Fsp3) is 0.250. The monoisotopic (exact) mass is 311 g/mol. The molecule has 0 spiro atoms. The molecule has 0 fully saturated rings. The van der Waals surface area contributed by atoms with Crippen LogP contribution in [0.4, 0.5) is 18.9 Å². The summed E-state index contributed by atoms with van der Waals surface area (Å²) < 4.78 is 39.4. The quantitative estimate of drug-likeness (QED) is 0.746. The van der Waals surface area contributed by atoms with E-state index in [-0.39, 0.29) is 11.6 Å². The molecule has 1 aliphatic rings. The molecule has 0 saturated heterocycles. The molecule has 1 heterocycles. The molecule has 1 N–H and O–H groups in total. The van der Waals surface area contributed by atoms with Crippen molar-refractivity contribution in [3.05, 3.63) is 63.7 Å². The molecule has 21 heavy (non-hydrogen) atoms. The van der Waals surface area contributed by atoms with Crippen LogP contribution in [-0.2, 0) is 12.6 Å². The highest BCUT2D eigenvalue weighted by Gasteiger charge is 2.36. The van der Waals surface area contributed by atoms with Crippen molar-refractivity contribution < 1.29 is 13.2 Å². The van der Waals surface area contributed by atoms with Crippen molar-refractivity contribution in [2.45, 2.75) is 25.6 Å². The van der Waals surface area contributed by atoms with E-state index in [4.69, 9.17) is 11.6 Å². The van der Waals surface area contributed by atoms with Crippen LogP contribution in [0.5, 0.6) is 0 Å². The highest BCUT2D eigenvalue weighted by Crippen LogP contribution is 2.42. The Morgan fingerprint density at radius 2 is 1.86 bits per heavy atom. The second-order valence-electron chi connectivity index (χ2n) is 5.19. The zero-order valence-electron chi connectivity index (χ0n) is 11.3. The summed E-state index contributed by atoms with van der Waals surface area (Å²) in [5, 5.41) is 3.80. The average Bonchev–Trinajstić information content (AvgIpc) is 2.87. The Balaban J connectivity index is 2.01. The van der Waals surface area contributed by atoms with E-state index in [1.807, 2.05) is 13.0 Å². The van der Waals surface area contributed by atoms with Crippen molar-refractivity contribution in [3.63, 3.8) is 0 Å². The Hall–Kier alpha value is -1.68. The lowest BCUT2D eigenvalue weighted by Gasteiger charge is -2.18. The van der Waals surface area contributed by atoms with Crippen molar-refractivity contribution in [2.75, 3.05) is 5.32 Å². The van der Waals surface area contributed by atoms with Crippen molar-refractivity contribution in [3.8, 4) is 0 Å². The van der Waals surface area contributed by atoms with Crippen LogP contribution in [0.1, 0.15) is 28.3 Å². The van der Waals surface area contributed by atoms with E-state index in [0.717, 1.165) is 22.9 Å². The van der Waals surface area contributed by atoms with Crippen LogP contribution < -0.4 is 5.32 Å². The van der Waals surface area contributed by atoms with Crippen molar-refractivity contribution in [1.82, 2.24) is 0 Å². The number of halogens is 4. The van der Waals surface area contributed by atoms with E-state index >= 15 is 0 Å². The number of benzene rings is 2. The molecule has 5 heteroatoms. The minimum absolute atomic E-state index is 0.275. The maximum absolute atomic E-state index is 13.1. The van der Waals surface area contributed by atoms with Gasteiger partial charge in [0, 0.05) is 10.7 Å². The lowest BCUT2D eigenvalue weighted by Crippen LogP contribution is -2.15. The van der Waals surface area contributed by atoms with Crippen LogP contribution in [0.3, 0.4) is 0 Å². The number of fused-ring (bicyclic) bond motifs is 1. The minimum Gasteiger partial charge on any atom is -0.377 e. The van der Waals surface area contributed by atoms with E-state index in [0.29, 0.717) is 11.4 Å². The summed E-state index contributed by atoms with van der Waals surface area (Å²) in [6.45, 7) is 1.87. The van der Waals surface area contributed by atoms with Gasteiger partial charge in [0.1, 0.15) is 0 Å². The molecule has 2 aromatic rings. The third-order valence-corrected chi connectivity index (χ3v) is 4.28. The Morgan fingerprint density at radius 1 is 1.14 bits per heavy atom. The normalized spacial score (nSPS) is 17.5. The van der Waals surface area contributed by atoms with Gasteiger partial charge in [-0.1, -0.05) is 35.9 Å². The number of hydrogen-bond acceptors (Lipinski definition) is 1. The Kier molecular flexibility index (Phi) is 3.36. The van der Waals surface area contributed by atoms with Gasteiger partial charge < -0.3 is 5.32 Å². The molecule has 3 rings (SSSR count). The highest BCUT2D eigenvalue weighted by molar-refractivity contribution is 6.31. The molecule has 1 unspecified atom stereocenters. The van der Waals surface area contributed by atoms with E-state index in [1.54, 1.807) is 12.1 Å². The summed E-state index contributed by atoms with van der Waals surface area (Å²) in [6, 6.07) is 8.98. The summed E-state index contributed by atoms with van der Waals surface area (Å²) >= 11 is 6.07. The second kappa shape index (κ2) is 4.95. The van der Waals surface area contributed by atoms with Crippen LogP contribution in [-0.4, -0.2) is 0 Å². The summed E-state index contributed by atoms with van der Waals surface area (Å²) in [4.78, 5) is 0. The number of anilines is 1. The first-order valence-corrected chi connectivity index (χ1v) is 6.96. The van der Waals surface area contributed by atoms with Crippen molar-refractivity contribution in [1.29, 1.82) is 0 Å². The lowest BCUT2D eigenvalue weighted by molar-refractivity contribution is -0.138. The Labute approximate surface area is 125 Å². The zero-order valence-corrected chi connectivity index (χ0v) is 12.0. The summed E-state index contributed by atoms with van der Waals surface area (Å²) in [7, 11) is 0. The van der Waals surface area contributed by atoms with Gasteiger partial charge in [-0.05, 0) is 42.2 Å². The largest absolute Gasteiger partial charge is 0.416 e. The topological polar surface area (TPSA) is 12.0 Å². The van der Waals surface area contributed by atoms with Gasteiger partial charge in [0.05, 0.1) is 11.6 Å². The van der Waals surface area contributed by atoms with E-state index in [9.17, 15) is 13.2 Å². The predicted molar refractivity (Wildman–Crippen MR) is 77.7 cm³/mol. The number of hydrogen-bond donors (Lipinski definition) is 1. The minimum atomic E-state index is -4.35. The fourth-order valence-electron chi connectivity index (χ4n) is 2.81. The fourth-order valence-corrected chi connectivity index (χ4v) is 2.96. The van der Waals surface area contributed by atoms with E-state index < -0.39 is 11.7 Å². The molecule has 0 amide bonds. The summed E-state index contributed by atoms with van der Waals surface area (Å²) in [5.41, 5.74) is 2.42. The van der Waals surface area contributed by atoms with Gasteiger partial charge in [-0.2, -0.15) is 13.2 Å². The standard InChI is InChI=1S/C16H13ClF3N/c1-9-13(17)7-6-10-8-14(21-15(9)10)11-4-2-3-5-12(11)16(18,19)20/h2-7,14,21H,8H2,1H3. The number of nitrogens with one attached hydrogen (secondary N) is 1. The molecule has 0 radical (unpaired) electrons. The second-order valence-corrected chi connectivity index (χ2v) is 5.60. The van der Waals surface area contributed by atoms with Gasteiger partial charge in [0.25, 0.3) is 0 Å². The van der Waals surface area contributed by atoms with Gasteiger partial charge in [-0.15, -0.1) is 0 Å². The number of rotatable bonds is 1. The molecule has 0 aliphatic carbocycles. The Bertz CT molecular complexity index is 694. The predicted octanol–water partition coefficient (Wildman–Crippen LogP) is 5.38. The first-order chi connectivity index (χ1) is 9.88. The van der Waals surface area contributed by atoms with Gasteiger partial charge in [0.2, 0.25) is 0 Å². The van der Waals surface area contributed by atoms with E-state index in [1.165, 1.54) is 12.1 Å². The van der Waals surface area contributed by atoms with Gasteiger partial charge in [-0.3, -0.25) is 0 Å². The average molecular weight is 312 g/mol. The van der Waals surface area contributed by atoms with Gasteiger partial charge in [0.15, 0.2) is 0 Å². The van der Waals surface area contributed by atoms with Crippen molar-refractivity contribution >= 4 is 17.3 Å². The molecule has 1 aliphatic heterocycles. The third-order valence-electron chi connectivity index (χ3n) is 3.87. The first-order valence-electron chi connectivity index (χ1n) is 6.58. The lowest BCUT2D eigenvalue weighted by atomic mass is 9.97. The molecular formula is C16H13ClF3N. The maximum Gasteiger partial charge on any atom is 0.416 e. The first kappa shape index (κ1) is 14.3. The molecule has 1 atom stereocenters. The molecule has 0 aromatic heterocycles. The van der Waals surface area contributed by atoms with Crippen LogP contribution in [0, 0.1) is 6.92 Å². The van der Waals surface area contributed by atoms with Crippen LogP contribution in [0.2, 0.25) is 5.02 Å². The van der Waals surface area contributed by atoms with Gasteiger partial charge >= 0.3 is 6.18 Å². The molecule has 110 valence electrons. The highest BCUT2D eigenvalue weighted by atomic mass is 35.5. The zero-order chi connectivity index (χ0) is 15.2. The van der Waals surface area contributed by atoms with Gasteiger partial charge in [-0.25, -0.2) is 0 Å². The summed E-state index contributed by atoms with van der Waals surface area (Å²) in [6.07, 6.45) is -3.82. The molecule has 0 bridgehead atoms. The molecule has 0 saturated carbocycles. The van der Waals surface area contributed by atoms with Crippen LogP contribution >= 0.6 is 11.6 Å². The molecule has 2 aromatic carbocycles. The van der Waals surface area contributed by atoms with Crippen molar-refractivity contribution in [2.24, 2.45) is 0 Å². The summed E-state index contributed by atoms with van der Waals surface area (Å²) in [5.74, 6) is 0. The SMILES string of the molecule is Cc1c(Cl)ccc2c1NC(c1ccccc1C(F)(F)F)C2. The van der Waals surface area contributed by atoms with E-state index in [2.05, 4.69) is 5.32 Å².